The number of nitrogens with zero attached hydrogens (tertiary/aromatic N) is 3. The second-order valence-corrected chi connectivity index (χ2v) is 7.75. The van der Waals surface area contributed by atoms with Crippen LogP contribution in [-0.2, 0) is 15.5 Å². The Kier molecular flexibility index (Phi) is 5.99. The van der Waals surface area contributed by atoms with Gasteiger partial charge < -0.3 is 9.47 Å². The minimum absolute atomic E-state index is 0.140. The number of fused-ring (bicyclic) bond motifs is 1. The maximum atomic E-state index is 12.3. The quantitative estimate of drug-likeness (QED) is 0.463. The van der Waals surface area contributed by atoms with E-state index in [2.05, 4.69) is 15.0 Å². The average molecular weight is 399 g/mol. The Morgan fingerprint density at radius 2 is 1.82 bits per heavy atom. The van der Waals surface area contributed by atoms with Gasteiger partial charge in [-0.1, -0.05) is 18.2 Å². The molecule has 146 valence electrons. The van der Waals surface area contributed by atoms with Gasteiger partial charge in [-0.25, -0.2) is 19.7 Å². The molecule has 0 aliphatic heterocycles. The van der Waals surface area contributed by atoms with Crippen LogP contribution < -0.4 is 4.74 Å². The molecule has 2 heterocycles. The maximum Gasteiger partial charge on any atom is 0.338 e. The van der Waals surface area contributed by atoms with Gasteiger partial charge in [0.05, 0.1) is 28.2 Å². The van der Waals surface area contributed by atoms with Crippen molar-refractivity contribution in [3.8, 4) is 5.88 Å². The third kappa shape index (κ3) is 4.51. The van der Waals surface area contributed by atoms with E-state index in [0.29, 0.717) is 28.0 Å². The average Bonchev–Trinajstić information content (AvgIpc) is 2.67. The number of esters is 1. The smallest absolute Gasteiger partial charge is 0.338 e. The van der Waals surface area contributed by atoms with Gasteiger partial charge in [0, 0.05) is 17.8 Å². The molecule has 0 N–H and O–H groups in total. The zero-order chi connectivity index (χ0) is 20.3. The van der Waals surface area contributed by atoms with E-state index in [-0.39, 0.29) is 11.3 Å². The van der Waals surface area contributed by atoms with E-state index in [1.54, 1.807) is 43.5 Å². The number of hydrogen-bond donors (Lipinski definition) is 0. The molecule has 0 spiro atoms. The van der Waals surface area contributed by atoms with Crippen molar-refractivity contribution in [2.24, 2.45) is 0 Å². The van der Waals surface area contributed by atoms with E-state index in [0.717, 1.165) is 0 Å². The number of pyridine rings is 1. The standard InChI is InChI=1S/C20H21N3O4S/c1-12(2)26-18-17-15(11-21-20(23-17)28(4)25)10-16(22-18)13(3)27-19(24)14-8-6-5-7-9-14/h5-13H,1-4H3/t13-,28?/m1/s1. The molecule has 0 fully saturated rings. The molecule has 0 bridgehead atoms. The van der Waals surface area contributed by atoms with E-state index in [1.165, 1.54) is 6.26 Å². The molecular formula is C20H21N3O4S. The topological polar surface area (TPSA) is 91.3 Å². The first kappa shape index (κ1) is 19.9. The van der Waals surface area contributed by atoms with E-state index in [9.17, 15) is 9.00 Å². The number of benzene rings is 1. The summed E-state index contributed by atoms with van der Waals surface area (Å²) in [4.78, 5) is 25.3. The highest BCUT2D eigenvalue weighted by Gasteiger charge is 2.19. The number of carbonyl (C=O) groups is 1. The van der Waals surface area contributed by atoms with Gasteiger partial charge in [0.25, 0.3) is 0 Å². The Bertz CT molecular complexity index is 1020. The summed E-state index contributed by atoms with van der Waals surface area (Å²) in [6.07, 6.45) is 2.34. The summed E-state index contributed by atoms with van der Waals surface area (Å²) in [5.74, 6) is -0.145. The Morgan fingerprint density at radius 3 is 2.46 bits per heavy atom. The highest BCUT2D eigenvalue weighted by Crippen LogP contribution is 2.28. The molecule has 0 aliphatic rings. The van der Waals surface area contributed by atoms with Crippen LogP contribution in [0.1, 0.15) is 42.9 Å². The highest BCUT2D eigenvalue weighted by molar-refractivity contribution is 7.84. The summed E-state index contributed by atoms with van der Waals surface area (Å²) in [6.45, 7) is 5.49. The summed E-state index contributed by atoms with van der Waals surface area (Å²) in [6, 6.07) is 10.5. The maximum absolute atomic E-state index is 12.3. The number of aromatic nitrogens is 3. The van der Waals surface area contributed by atoms with Gasteiger partial charge in [-0.2, -0.15) is 0 Å². The molecule has 8 heteroatoms. The lowest BCUT2D eigenvalue weighted by Gasteiger charge is -2.17. The molecule has 0 saturated heterocycles. The van der Waals surface area contributed by atoms with E-state index < -0.39 is 22.9 Å². The van der Waals surface area contributed by atoms with Crippen LogP contribution in [-0.4, -0.2) is 37.5 Å². The van der Waals surface area contributed by atoms with Crippen LogP contribution in [0.25, 0.3) is 10.9 Å². The monoisotopic (exact) mass is 399 g/mol. The second-order valence-electron chi connectivity index (χ2n) is 6.48. The van der Waals surface area contributed by atoms with Gasteiger partial charge in [0.15, 0.2) is 0 Å². The minimum Gasteiger partial charge on any atom is -0.473 e. The van der Waals surface area contributed by atoms with Crippen LogP contribution in [0.4, 0.5) is 0 Å². The molecular weight excluding hydrogens is 378 g/mol. The van der Waals surface area contributed by atoms with Crippen molar-refractivity contribution in [2.75, 3.05) is 6.26 Å². The molecule has 2 atom stereocenters. The first-order valence-electron chi connectivity index (χ1n) is 8.79. The second kappa shape index (κ2) is 8.43. The van der Waals surface area contributed by atoms with Crippen LogP contribution in [0.2, 0.25) is 0 Å². The van der Waals surface area contributed by atoms with Crippen molar-refractivity contribution in [1.29, 1.82) is 0 Å². The molecule has 1 unspecified atom stereocenters. The molecule has 7 nitrogen and oxygen atoms in total. The predicted molar refractivity (Wildman–Crippen MR) is 106 cm³/mol. The van der Waals surface area contributed by atoms with Gasteiger partial charge in [0.2, 0.25) is 11.0 Å². The lowest BCUT2D eigenvalue weighted by Crippen LogP contribution is -2.13. The van der Waals surface area contributed by atoms with E-state index in [4.69, 9.17) is 9.47 Å². The summed E-state index contributed by atoms with van der Waals surface area (Å²) >= 11 is 0. The van der Waals surface area contributed by atoms with Crippen LogP contribution >= 0.6 is 0 Å². The number of rotatable bonds is 6. The fourth-order valence-electron chi connectivity index (χ4n) is 2.53. The van der Waals surface area contributed by atoms with Gasteiger partial charge >= 0.3 is 5.97 Å². The van der Waals surface area contributed by atoms with Crippen LogP contribution in [0.3, 0.4) is 0 Å². The van der Waals surface area contributed by atoms with Gasteiger partial charge in [-0.15, -0.1) is 0 Å². The summed E-state index contributed by atoms with van der Waals surface area (Å²) in [5.41, 5.74) is 1.45. The van der Waals surface area contributed by atoms with Gasteiger partial charge in [-0.3, -0.25) is 4.21 Å². The number of ether oxygens (including phenoxy) is 2. The normalized spacial score (nSPS) is 13.3. The molecule has 1 aromatic carbocycles. The summed E-state index contributed by atoms with van der Waals surface area (Å²) < 4.78 is 23.1. The van der Waals surface area contributed by atoms with Crippen molar-refractivity contribution in [3.63, 3.8) is 0 Å². The summed E-state index contributed by atoms with van der Waals surface area (Å²) in [5, 5.41) is 0.872. The minimum atomic E-state index is -1.32. The molecule has 3 rings (SSSR count). The number of carbonyl (C=O) groups excluding carboxylic acids is 1. The van der Waals surface area contributed by atoms with E-state index in [1.807, 2.05) is 19.9 Å². The first-order valence-corrected chi connectivity index (χ1v) is 10.3. The Balaban J connectivity index is 1.97. The fraction of sp³-hybridized carbons (Fsp3) is 0.300. The van der Waals surface area contributed by atoms with Crippen molar-refractivity contribution in [2.45, 2.75) is 38.1 Å². The zero-order valence-electron chi connectivity index (χ0n) is 16.1. The molecule has 28 heavy (non-hydrogen) atoms. The third-order valence-corrected chi connectivity index (χ3v) is 4.56. The first-order chi connectivity index (χ1) is 13.3. The molecule has 0 saturated carbocycles. The van der Waals surface area contributed by atoms with Crippen molar-refractivity contribution < 1.29 is 18.5 Å². The zero-order valence-corrected chi connectivity index (χ0v) is 16.9. The van der Waals surface area contributed by atoms with Crippen LogP contribution in [0, 0.1) is 0 Å². The van der Waals surface area contributed by atoms with Crippen LogP contribution in [0.5, 0.6) is 5.88 Å². The lowest BCUT2D eigenvalue weighted by atomic mass is 10.2. The summed E-state index contributed by atoms with van der Waals surface area (Å²) in [7, 11) is -1.32. The SMILES string of the molecule is CC(C)Oc1nc([C@@H](C)OC(=O)c2ccccc2)cc2cnc(S(C)=O)nc12. The lowest BCUT2D eigenvalue weighted by molar-refractivity contribution is 0.0327. The molecule has 0 radical (unpaired) electrons. The van der Waals surface area contributed by atoms with Crippen LogP contribution in [0.15, 0.2) is 47.8 Å². The molecule has 0 amide bonds. The highest BCUT2D eigenvalue weighted by atomic mass is 32.2. The Labute approximate surface area is 165 Å². The fourth-order valence-corrected chi connectivity index (χ4v) is 2.95. The van der Waals surface area contributed by atoms with Crippen molar-refractivity contribution >= 4 is 27.7 Å². The van der Waals surface area contributed by atoms with Gasteiger partial charge in [0.1, 0.15) is 11.6 Å². The number of hydrogen-bond acceptors (Lipinski definition) is 7. The molecule has 3 aromatic rings. The Hall–Kier alpha value is -2.87. The van der Waals surface area contributed by atoms with Crippen molar-refractivity contribution in [1.82, 2.24) is 15.0 Å². The Morgan fingerprint density at radius 1 is 1.11 bits per heavy atom. The van der Waals surface area contributed by atoms with Crippen molar-refractivity contribution in [3.05, 3.63) is 53.9 Å². The van der Waals surface area contributed by atoms with E-state index >= 15 is 0 Å². The largest absolute Gasteiger partial charge is 0.473 e. The molecule has 2 aromatic heterocycles. The molecule has 0 aliphatic carbocycles. The third-order valence-electron chi connectivity index (χ3n) is 3.85. The van der Waals surface area contributed by atoms with Gasteiger partial charge in [-0.05, 0) is 39.0 Å². The predicted octanol–water partition coefficient (Wildman–Crippen LogP) is 3.47.